The van der Waals surface area contributed by atoms with E-state index in [0.29, 0.717) is 22.3 Å². The molecule has 2 aromatic rings. The van der Waals surface area contributed by atoms with Crippen LogP contribution in [0.25, 0.3) is 5.76 Å². The van der Waals surface area contributed by atoms with Gasteiger partial charge in [0.25, 0.3) is 11.7 Å². The van der Waals surface area contributed by atoms with Crippen LogP contribution in [0.2, 0.25) is 0 Å². The summed E-state index contributed by atoms with van der Waals surface area (Å²) in [5, 5.41) is 13.0. The number of aliphatic hydroxyl groups excluding tert-OH is 1. The average molecular weight is 464 g/mol. The van der Waals surface area contributed by atoms with Crippen molar-refractivity contribution in [3.05, 3.63) is 55.7 Å². The summed E-state index contributed by atoms with van der Waals surface area (Å²) in [6.45, 7) is 4.47. The van der Waals surface area contributed by atoms with Gasteiger partial charge in [-0.2, -0.15) is 0 Å². The van der Waals surface area contributed by atoms with Crippen LogP contribution < -0.4 is 4.74 Å². The molecule has 1 fully saturated rings. The summed E-state index contributed by atoms with van der Waals surface area (Å²) < 4.78 is 5.88. The molecular formula is C21H22BrNO4S. The molecule has 0 spiro atoms. The molecule has 0 bridgehead atoms. The van der Waals surface area contributed by atoms with Crippen LogP contribution in [0.4, 0.5) is 0 Å². The number of aryl methyl sites for hydroxylation is 1. The van der Waals surface area contributed by atoms with Gasteiger partial charge in [-0.15, -0.1) is 11.3 Å². The van der Waals surface area contributed by atoms with Crippen molar-refractivity contribution in [1.82, 2.24) is 4.90 Å². The molecule has 0 radical (unpaired) electrons. The second kappa shape index (κ2) is 8.49. The lowest BCUT2D eigenvalue weighted by molar-refractivity contribution is -0.139. The predicted molar refractivity (Wildman–Crippen MR) is 114 cm³/mol. The molecule has 1 unspecified atom stereocenters. The number of methoxy groups -OCH3 is 1. The van der Waals surface area contributed by atoms with Gasteiger partial charge in [-0.3, -0.25) is 9.59 Å². The maximum absolute atomic E-state index is 12.9. The second-order valence-corrected chi connectivity index (χ2v) is 8.47. The van der Waals surface area contributed by atoms with Crippen molar-refractivity contribution >= 4 is 44.7 Å². The molecule has 1 saturated heterocycles. The number of likely N-dealkylation sites (tertiary alicyclic amines) is 1. The van der Waals surface area contributed by atoms with Gasteiger partial charge >= 0.3 is 0 Å². The lowest BCUT2D eigenvalue weighted by Gasteiger charge is -2.24. The van der Waals surface area contributed by atoms with Gasteiger partial charge < -0.3 is 14.7 Å². The molecule has 1 atom stereocenters. The number of Topliss-reactive ketones (excluding diaryl/α,β-unsaturated/α-hetero) is 1. The molecule has 3 rings (SSSR count). The number of ether oxygens (including phenoxy) is 1. The van der Waals surface area contributed by atoms with E-state index >= 15 is 0 Å². The number of rotatable bonds is 6. The van der Waals surface area contributed by atoms with E-state index in [1.807, 2.05) is 25.3 Å². The van der Waals surface area contributed by atoms with Crippen LogP contribution in [-0.4, -0.2) is 35.4 Å². The molecule has 28 heavy (non-hydrogen) atoms. The third kappa shape index (κ3) is 3.61. The molecule has 5 nitrogen and oxygen atoms in total. The number of ketones is 1. The average Bonchev–Trinajstić information content (AvgIpc) is 3.20. The molecule has 1 amide bonds. The van der Waals surface area contributed by atoms with E-state index in [1.165, 1.54) is 11.3 Å². The third-order valence-electron chi connectivity index (χ3n) is 4.87. The summed E-state index contributed by atoms with van der Waals surface area (Å²) in [6, 6.07) is 6.47. The molecular weight excluding hydrogens is 442 g/mol. The van der Waals surface area contributed by atoms with E-state index < -0.39 is 17.7 Å². The fourth-order valence-corrected chi connectivity index (χ4v) is 4.93. The van der Waals surface area contributed by atoms with Gasteiger partial charge in [-0.05, 0) is 64.5 Å². The Morgan fingerprint density at radius 2 is 2.07 bits per heavy atom. The van der Waals surface area contributed by atoms with E-state index in [1.54, 1.807) is 30.2 Å². The van der Waals surface area contributed by atoms with Crippen molar-refractivity contribution in [2.45, 2.75) is 32.7 Å². The monoisotopic (exact) mass is 463 g/mol. The molecule has 0 saturated carbocycles. The Labute approximate surface area is 176 Å². The number of halogens is 1. The third-order valence-corrected chi connectivity index (χ3v) is 6.56. The van der Waals surface area contributed by atoms with Gasteiger partial charge in [-0.25, -0.2) is 0 Å². The SMILES string of the molecule is CCCCN1C(=O)C(=O)/C(=C(\O)c2ccc(OC)c(Br)c2)C1c1sccc1C. The molecule has 1 aromatic carbocycles. The van der Waals surface area contributed by atoms with Gasteiger partial charge in [0.2, 0.25) is 0 Å². The number of amides is 1. The van der Waals surface area contributed by atoms with Gasteiger partial charge in [-0.1, -0.05) is 13.3 Å². The van der Waals surface area contributed by atoms with E-state index in [0.717, 1.165) is 23.3 Å². The van der Waals surface area contributed by atoms with Gasteiger partial charge in [0.05, 0.1) is 23.2 Å². The lowest BCUT2D eigenvalue weighted by Crippen LogP contribution is -2.30. The van der Waals surface area contributed by atoms with Crippen LogP contribution in [-0.2, 0) is 9.59 Å². The van der Waals surface area contributed by atoms with E-state index in [2.05, 4.69) is 15.9 Å². The number of carbonyl (C=O) groups excluding carboxylic acids is 2. The van der Waals surface area contributed by atoms with Crippen molar-refractivity contribution in [2.24, 2.45) is 0 Å². The summed E-state index contributed by atoms with van der Waals surface area (Å²) in [6.07, 6.45) is 1.70. The summed E-state index contributed by atoms with van der Waals surface area (Å²) in [4.78, 5) is 28.1. The Kier molecular flexibility index (Phi) is 6.25. The number of unbranched alkanes of at least 4 members (excludes halogenated alkanes) is 1. The maximum atomic E-state index is 12.9. The van der Waals surface area contributed by atoms with Crippen LogP contribution in [0, 0.1) is 6.92 Å². The Balaban J connectivity index is 2.16. The highest BCUT2D eigenvalue weighted by Gasteiger charge is 2.46. The number of thiophene rings is 1. The summed E-state index contributed by atoms with van der Waals surface area (Å²) >= 11 is 4.90. The molecule has 148 valence electrons. The number of benzene rings is 1. The quantitative estimate of drug-likeness (QED) is 0.369. The highest BCUT2D eigenvalue weighted by molar-refractivity contribution is 9.10. The van der Waals surface area contributed by atoms with Crippen molar-refractivity contribution in [3.63, 3.8) is 0 Å². The normalized spacial score (nSPS) is 18.7. The number of nitrogens with zero attached hydrogens (tertiary/aromatic N) is 1. The fourth-order valence-electron chi connectivity index (χ4n) is 3.35. The molecule has 1 aliphatic rings. The fraction of sp³-hybridized carbons (Fsp3) is 0.333. The first-order chi connectivity index (χ1) is 13.4. The van der Waals surface area contributed by atoms with E-state index in [4.69, 9.17) is 4.74 Å². The topological polar surface area (TPSA) is 66.8 Å². The minimum absolute atomic E-state index is 0.142. The maximum Gasteiger partial charge on any atom is 0.295 e. The smallest absolute Gasteiger partial charge is 0.295 e. The Morgan fingerprint density at radius 1 is 1.32 bits per heavy atom. The van der Waals surface area contributed by atoms with Crippen molar-refractivity contribution in [1.29, 1.82) is 0 Å². The number of aliphatic hydroxyl groups is 1. The van der Waals surface area contributed by atoms with Crippen molar-refractivity contribution in [2.75, 3.05) is 13.7 Å². The zero-order valence-corrected chi connectivity index (χ0v) is 18.4. The Bertz CT molecular complexity index is 950. The molecule has 1 aliphatic heterocycles. The molecule has 1 N–H and O–H groups in total. The highest BCUT2D eigenvalue weighted by Crippen LogP contribution is 2.43. The molecule has 7 heteroatoms. The summed E-state index contributed by atoms with van der Waals surface area (Å²) in [5.41, 5.74) is 1.60. The number of carbonyl (C=O) groups is 2. The lowest BCUT2D eigenvalue weighted by atomic mass is 9.98. The van der Waals surface area contributed by atoms with Crippen molar-refractivity contribution in [3.8, 4) is 5.75 Å². The van der Waals surface area contributed by atoms with Gasteiger partial charge in [0.15, 0.2) is 0 Å². The number of hydrogen-bond acceptors (Lipinski definition) is 5. The molecule has 2 heterocycles. The van der Waals surface area contributed by atoms with E-state index in [-0.39, 0.29) is 11.3 Å². The van der Waals surface area contributed by atoms with Gasteiger partial charge in [0.1, 0.15) is 11.5 Å². The first-order valence-corrected chi connectivity index (χ1v) is 10.7. The zero-order chi connectivity index (χ0) is 20.4. The minimum Gasteiger partial charge on any atom is -0.507 e. The van der Waals surface area contributed by atoms with Crippen LogP contribution >= 0.6 is 27.3 Å². The van der Waals surface area contributed by atoms with Crippen molar-refractivity contribution < 1.29 is 19.4 Å². The Hall–Kier alpha value is -2.12. The first kappa shape index (κ1) is 20.6. The van der Waals surface area contributed by atoms with E-state index in [9.17, 15) is 14.7 Å². The predicted octanol–water partition coefficient (Wildman–Crippen LogP) is 5.05. The second-order valence-electron chi connectivity index (χ2n) is 6.66. The first-order valence-electron chi connectivity index (χ1n) is 9.07. The minimum atomic E-state index is -0.640. The largest absolute Gasteiger partial charge is 0.507 e. The van der Waals surface area contributed by atoms with Crippen LogP contribution in [0.3, 0.4) is 0 Å². The summed E-state index contributed by atoms with van der Waals surface area (Å²) in [5.74, 6) is -0.747. The summed E-state index contributed by atoms with van der Waals surface area (Å²) in [7, 11) is 1.55. The van der Waals surface area contributed by atoms with Crippen LogP contribution in [0.5, 0.6) is 5.75 Å². The highest BCUT2D eigenvalue weighted by atomic mass is 79.9. The van der Waals surface area contributed by atoms with Crippen LogP contribution in [0.1, 0.15) is 41.8 Å². The van der Waals surface area contributed by atoms with Gasteiger partial charge in [0, 0.05) is 17.0 Å². The number of hydrogen-bond donors (Lipinski definition) is 1. The molecule has 0 aliphatic carbocycles. The zero-order valence-electron chi connectivity index (χ0n) is 16.0. The van der Waals surface area contributed by atoms with Crippen LogP contribution in [0.15, 0.2) is 39.7 Å². The standard InChI is InChI=1S/C21H22BrNO4S/c1-4-5-9-23-17(20-12(2)8-10-28-20)16(19(25)21(23)26)18(24)13-6-7-15(27-3)14(22)11-13/h6-8,10-11,17,24H,4-5,9H2,1-3H3/b18-16-. The Morgan fingerprint density at radius 3 is 2.64 bits per heavy atom. The molecule has 1 aromatic heterocycles.